The third-order valence-corrected chi connectivity index (χ3v) is 4.61. The smallest absolute Gasteiger partial charge is 0.318 e. The molecule has 0 spiro atoms. The zero-order chi connectivity index (χ0) is 19.3. The van der Waals surface area contributed by atoms with Crippen LogP contribution in [0.5, 0.6) is 0 Å². The van der Waals surface area contributed by atoms with Gasteiger partial charge in [-0.25, -0.2) is 8.42 Å². The minimum atomic E-state index is -4.14. The number of carbonyl (C=O) groups is 3. The number of anilines is 1. The molecule has 2 aromatic rings. The van der Waals surface area contributed by atoms with Gasteiger partial charge in [-0.2, -0.15) is 0 Å². The first kappa shape index (κ1) is 19.3. The van der Waals surface area contributed by atoms with Crippen LogP contribution in [0.2, 0.25) is 0 Å². The molecule has 0 aliphatic rings. The van der Waals surface area contributed by atoms with E-state index in [0.29, 0.717) is 5.69 Å². The van der Waals surface area contributed by atoms with E-state index in [1.54, 1.807) is 24.3 Å². The Morgan fingerprint density at radius 2 is 1.58 bits per heavy atom. The van der Waals surface area contributed by atoms with Gasteiger partial charge in [0, 0.05) is 11.3 Å². The van der Waals surface area contributed by atoms with Crippen LogP contribution in [0.4, 0.5) is 5.69 Å². The number of nitrogens with one attached hydrogen (secondary N) is 3. The number of carbonyl (C=O) groups excluding carboxylic acids is 3. The van der Waals surface area contributed by atoms with E-state index in [-0.39, 0.29) is 16.2 Å². The molecule has 8 nitrogen and oxygen atoms in total. The van der Waals surface area contributed by atoms with Crippen LogP contribution in [0.15, 0.2) is 53.4 Å². The van der Waals surface area contributed by atoms with Crippen molar-refractivity contribution in [2.24, 2.45) is 0 Å². The monoisotopic (exact) mass is 375 g/mol. The lowest BCUT2D eigenvalue weighted by Crippen LogP contribution is -2.46. The quantitative estimate of drug-likeness (QED) is 0.411. The number of sulfonamides is 1. The number of hydrogen-bond acceptors (Lipinski definition) is 5. The number of rotatable bonds is 5. The van der Waals surface area contributed by atoms with Gasteiger partial charge in [-0.15, -0.1) is 4.83 Å². The minimum absolute atomic E-state index is 0.205. The number of ketones is 1. The van der Waals surface area contributed by atoms with Gasteiger partial charge in [-0.05, 0) is 38.1 Å². The van der Waals surface area contributed by atoms with Gasteiger partial charge < -0.3 is 5.32 Å². The van der Waals surface area contributed by atoms with Crippen LogP contribution in [0.1, 0.15) is 22.8 Å². The Labute approximate surface area is 150 Å². The summed E-state index contributed by atoms with van der Waals surface area (Å²) in [5, 5.41) is 2.34. The van der Waals surface area contributed by atoms with Gasteiger partial charge in [0.15, 0.2) is 5.78 Å². The Bertz CT molecular complexity index is 953. The second-order valence-electron chi connectivity index (χ2n) is 5.46. The molecular weight excluding hydrogens is 358 g/mol. The Morgan fingerprint density at radius 1 is 0.923 bits per heavy atom. The third kappa shape index (κ3) is 4.98. The fourth-order valence-corrected chi connectivity index (χ4v) is 2.82. The molecule has 3 N–H and O–H groups in total. The lowest BCUT2D eigenvalue weighted by molar-refractivity contribution is -0.136. The topological polar surface area (TPSA) is 121 Å². The van der Waals surface area contributed by atoms with Crippen molar-refractivity contribution in [2.75, 3.05) is 5.32 Å². The number of hydrazine groups is 1. The number of amides is 2. The van der Waals surface area contributed by atoms with E-state index < -0.39 is 21.8 Å². The van der Waals surface area contributed by atoms with Gasteiger partial charge in [-0.1, -0.05) is 29.8 Å². The van der Waals surface area contributed by atoms with Crippen molar-refractivity contribution < 1.29 is 22.8 Å². The van der Waals surface area contributed by atoms with Crippen molar-refractivity contribution in [3.63, 3.8) is 0 Å². The Kier molecular flexibility index (Phi) is 5.86. The molecule has 0 atom stereocenters. The first-order valence-electron chi connectivity index (χ1n) is 7.50. The molecule has 0 aliphatic carbocycles. The highest BCUT2D eigenvalue weighted by Crippen LogP contribution is 2.11. The molecule has 0 saturated heterocycles. The second-order valence-corrected chi connectivity index (χ2v) is 7.15. The first-order chi connectivity index (χ1) is 12.2. The van der Waals surface area contributed by atoms with Gasteiger partial charge in [0.1, 0.15) is 0 Å². The fourth-order valence-electron chi connectivity index (χ4n) is 1.94. The first-order valence-corrected chi connectivity index (χ1v) is 8.98. The normalized spacial score (nSPS) is 10.8. The minimum Gasteiger partial charge on any atom is -0.318 e. The maximum Gasteiger partial charge on any atom is 0.324 e. The van der Waals surface area contributed by atoms with E-state index in [1.807, 2.05) is 17.2 Å². The summed E-state index contributed by atoms with van der Waals surface area (Å²) in [7, 11) is -4.14. The summed E-state index contributed by atoms with van der Waals surface area (Å²) in [6, 6.07) is 12.0. The van der Waals surface area contributed by atoms with E-state index >= 15 is 0 Å². The van der Waals surface area contributed by atoms with Crippen LogP contribution >= 0.6 is 0 Å². The largest absolute Gasteiger partial charge is 0.324 e. The molecule has 0 aromatic heterocycles. The summed E-state index contributed by atoms with van der Waals surface area (Å²) in [6.45, 7) is 3.17. The van der Waals surface area contributed by atoms with Crippen molar-refractivity contribution in [3.8, 4) is 0 Å². The highest BCUT2D eigenvalue weighted by Gasteiger charge is 2.19. The van der Waals surface area contributed by atoms with Gasteiger partial charge in [0.2, 0.25) is 0 Å². The second kappa shape index (κ2) is 7.89. The number of benzene rings is 2. The van der Waals surface area contributed by atoms with Crippen LogP contribution in [0.25, 0.3) is 0 Å². The maximum absolute atomic E-state index is 12.2. The van der Waals surface area contributed by atoms with Crippen LogP contribution in [-0.2, 0) is 19.6 Å². The summed E-state index contributed by atoms with van der Waals surface area (Å²) >= 11 is 0. The predicted molar refractivity (Wildman–Crippen MR) is 94.7 cm³/mol. The molecule has 0 radical (unpaired) electrons. The standard InChI is InChI=1S/C17H17N3O5S/c1-11-6-8-14(9-7-11)18-16(22)17(23)19-20-26(24,25)15-5-3-4-13(10-15)12(2)21/h3-10,20H,1-2H3,(H,18,22)(H,19,23). The Morgan fingerprint density at radius 3 is 2.19 bits per heavy atom. The summed E-state index contributed by atoms with van der Waals surface area (Å²) < 4.78 is 24.3. The van der Waals surface area contributed by atoms with Gasteiger partial charge in [0.25, 0.3) is 10.0 Å². The van der Waals surface area contributed by atoms with Crippen LogP contribution in [0, 0.1) is 6.92 Å². The molecule has 2 aromatic carbocycles. The number of hydrogen-bond donors (Lipinski definition) is 3. The van der Waals surface area contributed by atoms with Crippen molar-refractivity contribution in [3.05, 3.63) is 59.7 Å². The van der Waals surface area contributed by atoms with Crippen LogP contribution < -0.4 is 15.6 Å². The van der Waals surface area contributed by atoms with Crippen molar-refractivity contribution in [1.29, 1.82) is 0 Å². The lowest BCUT2D eigenvalue weighted by atomic mass is 10.2. The van der Waals surface area contributed by atoms with E-state index in [1.165, 1.54) is 31.2 Å². The lowest BCUT2D eigenvalue weighted by Gasteiger charge is -2.09. The van der Waals surface area contributed by atoms with Gasteiger partial charge in [-0.3, -0.25) is 19.8 Å². The Hall–Kier alpha value is -3.04. The summed E-state index contributed by atoms with van der Waals surface area (Å²) in [6.07, 6.45) is 0. The highest BCUT2D eigenvalue weighted by atomic mass is 32.2. The van der Waals surface area contributed by atoms with E-state index in [2.05, 4.69) is 5.32 Å². The third-order valence-electron chi connectivity index (χ3n) is 3.37. The van der Waals surface area contributed by atoms with Crippen LogP contribution in [-0.4, -0.2) is 26.0 Å². The molecule has 26 heavy (non-hydrogen) atoms. The van der Waals surface area contributed by atoms with E-state index in [4.69, 9.17) is 0 Å². The molecule has 0 unspecified atom stereocenters. The summed E-state index contributed by atoms with van der Waals surface area (Å²) in [5.74, 6) is -2.52. The van der Waals surface area contributed by atoms with Gasteiger partial charge >= 0.3 is 11.8 Å². The molecule has 0 bridgehead atoms. The maximum atomic E-state index is 12.2. The molecule has 136 valence electrons. The zero-order valence-corrected chi connectivity index (χ0v) is 14.9. The Balaban J connectivity index is 2.01. The molecule has 2 amide bonds. The molecule has 2 rings (SSSR count). The summed E-state index contributed by atoms with van der Waals surface area (Å²) in [5.41, 5.74) is 3.41. The fraction of sp³-hybridized carbons (Fsp3) is 0.118. The molecule has 9 heteroatoms. The predicted octanol–water partition coefficient (Wildman–Crippen LogP) is 1.15. The summed E-state index contributed by atoms with van der Waals surface area (Å²) in [4.78, 5) is 36.5. The molecule has 0 heterocycles. The van der Waals surface area contributed by atoms with Crippen molar-refractivity contribution >= 4 is 33.3 Å². The highest BCUT2D eigenvalue weighted by molar-refractivity contribution is 7.89. The SMILES string of the molecule is CC(=O)c1cccc(S(=O)(=O)NNC(=O)C(=O)Nc2ccc(C)cc2)c1. The van der Waals surface area contributed by atoms with E-state index in [9.17, 15) is 22.8 Å². The van der Waals surface area contributed by atoms with Gasteiger partial charge in [0.05, 0.1) is 4.90 Å². The molecule has 0 fully saturated rings. The molecule has 0 saturated carbocycles. The van der Waals surface area contributed by atoms with Crippen molar-refractivity contribution in [2.45, 2.75) is 18.7 Å². The van der Waals surface area contributed by atoms with E-state index in [0.717, 1.165) is 5.56 Å². The molecular formula is C17H17N3O5S. The molecule has 0 aliphatic heterocycles. The zero-order valence-electron chi connectivity index (χ0n) is 14.1. The average Bonchev–Trinajstić information content (AvgIpc) is 2.61. The number of Topliss-reactive ketones (excluding diaryl/α,β-unsaturated/α-hetero) is 1. The van der Waals surface area contributed by atoms with Crippen LogP contribution in [0.3, 0.4) is 0 Å². The number of aryl methyl sites for hydroxylation is 1. The van der Waals surface area contributed by atoms with Crippen molar-refractivity contribution in [1.82, 2.24) is 10.3 Å². The average molecular weight is 375 g/mol.